The predicted molar refractivity (Wildman–Crippen MR) is 151 cm³/mol. The number of piperazine rings is 1. The van der Waals surface area contributed by atoms with E-state index in [9.17, 15) is 14.4 Å². The first-order valence-electron chi connectivity index (χ1n) is 11.8. The number of benzene rings is 2. The Balaban J connectivity index is 0.000000360. The molecule has 38 heavy (non-hydrogen) atoms. The fraction of sp³-hybridized carbons (Fsp3) is 0.269. The first kappa shape index (κ1) is 27.9. The largest absolute Gasteiger partial charge is 0.494 e. The molecule has 0 saturated carbocycles. The number of amides is 2. The number of anilines is 2. The second-order valence-electron chi connectivity index (χ2n) is 8.28. The molecule has 3 heterocycles. The molecule has 12 heteroatoms. The van der Waals surface area contributed by atoms with E-state index in [-0.39, 0.29) is 18.6 Å². The highest BCUT2D eigenvalue weighted by atomic mass is 35.5. The van der Waals surface area contributed by atoms with E-state index in [1.54, 1.807) is 48.2 Å². The SMILES string of the molecule is COc1cc(N2CCN(Sc3ccccc3)CC2=O)ccc1N1C[C@H](CN)OC1=O.O=Cc1ccc(Cl)s1. The van der Waals surface area contributed by atoms with Gasteiger partial charge in [0.2, 0.25) is 5.91 Å². The monoisotopic (exact) mass is 574 g/mol. The molecule has 2 fully saturated rings. The molecule has 0 bridgehead atoms. The highest BCUT2D eigenvalue weighted by Gasteiger charge is 2.34. The molecule has 0 unspecified atom stereocenters. The number of thiophene rings is 1. The zero-order chi connectivity index (χ0) is 27.1. The van der Waals surface area contributed by atoms with Gasteiger partial charge in [0, 0.05) is 36.3 Å². The molecule has 1 atom stereocenters. The van der Waals surface area contributed by atoms with Crippen molar-refractivity contribution in [2.75, 3.05) is 49.6 Å². The Kier molecular flexibility index (Phi) is 9.64. The molecular formula is C26H27ClN4O5S2. The maximum absolute atomic E-state index is 12.8. The van der Waals surface area contributed by atoms with Gasteiger partial charge in [-0.05, 0) is 48.3 Å². The highest BCUT2D eigenvalue weighted by Crippen LogP contribution is 2.36. The summed E-state index contributed by atoms with van der Waals surface area (Å²) < 4.78 is 13.5. The number of hydrogen-bond donors (Lipinski definition) is 1. The smallest absolute Gasteiger partial charge is 0.414 e. The first-order chi connectivity index (χ1) is 18.4. The molecule has 3 aromatic rings. The van der Waals surface area contributed by atoms with Crippen LogP contribution >= 0.6 is 34.9 Å². The second-order valence-corrected chi connectivity index (χ2v) is 11.2. The highest BCUT2D eigenvalue weighted by molar-refractivity contribution is 7.97. The van der Waals surface area contributed by atoms with E-state index in [1.807, 2.05) is 36.4 Å². The summed E-state index contributed by atoms with van der Waals surface area (Å²) in [7, 11) is 1.54. The number of nitrogens with two attached hydrogens (primary N) is 1. The van der Waals surface area contributed by atoms with Gasteiger partial charge in [-0.25, -0.2) is 9.10 Å². The molecule has 9 nitrogen and oxygen atoms in total. The number of aldehydes is 1. The van der Waals surface area contributed by atoms with E-state index in [0.29, 0.717) is 40.3 Å². The summed E-state index contributed by atoms with van der Waals surface area (Å²) in [4.78, 5) is 40.0. The van der Waals surface area contributed by atoms with E-state index in [4.69, 9.17) is 26.8 Å². The summed E-state index contributed by atoms with van der Waals surface area (Å²) in [5.41, 5.74) is 6.97. The van der Waals surface area contributed by atoms with Gasteiger partial charge in [0.1, 0.15) is 11.9 Å². The molecule has 2 aromatic carbocycles. The molecule has 2 saturated heterocycles. The number of cyclic esters (lactones) is 1. The van der Waals surface area contributed by atoms with Gasteiger partial charge in [0.05, 0.1) is 35.1 Å². The van der Waals surface area contributed by atoms with Crippen LogP contribution in [0.4, 0.5) is 16.2 Å². The van der Waals surface area contributed by atoms with Crippen molar-refractivity contribution in [2.24, 2.45) is 5.73 Å². The Labute approximate surface area is 234 Å². The number of nitrogens with zero attached hydrogens (tertiary/aromatic N) is 3. The Morgan fingerprint density at radius 2 is 1.92 bits per heavy atom. The zero-order valence-corrected chi connectivity index (χ0v) is 23.0. The second kappa shape index (κ2) is 13.1. The van der Waals surface area contributed by atoms with Gasteiger partial charge in [0.15, 0.2) is 6.29 Å². The summed E-state index contributed by atoms with van der Waals surface area (Å²) in [5.74, 6) is 0.527. The number of carbonyl (C=O) groups is 3. The maximum atomic E-state index is 12.8. The van der Waals surface area contributed by atoms with Crippen LogP contribution in [0.1, 0.15) is 9.67 Å². The topological polar surface area (TPSA) is 105 Å². The minimum Gasteiger partial charge on any atom is -0.494 e. The van der Waals surface area contributed by atoms with Crippen LogP contribution < -0.4 is 20.3 Å². The molecule has 2 N–H and O–H groups in total. The molecule has 0 aliphatic carbocycles. The summed E-state index contributed by atoms with van der Waals surface area (Å²) in [6.07, 6.45) is 0.00841. The maximum Gasteiger partial charge on any atom is 0.414 e. The lowest BCUT2D eigenvalue weighted by Crippen LogP contribution is -2.48. The van der Waals surface area contributed by atoms with Crippen LogP contribution in [0.25, 0.3) is 0 Å². The van der Waals surface area contributed by atoms with E-state index >= 15 is 0 Å². The van der Waals surface area contributed by atoms with Gasteiger partial charge in [-0.1, -0.05) is 29.8 Å². The molecule has 2 aliphatic heterocycles. The van der Waals surface area contributed by atoms with Gasteiger partial charge in [0.25, 0.3) is 0 Å². The number of hydrogen-bond acceptors (Lipinski definition) is 9. The third kappa shape index (κ3) is 6.86. The van der Waals surface area contributed by atoms with Gasteiger partial charge in [-0.15, -0.1) is 11.3 Å². The molecule has 2 aliphatic rings. The summed E-state index contributed by atoms with van der Waals surface area (Å²) >= 11 is 8.37. The normalized spacial score (nSPS) is 17.6. The summed E-state index contributed by atoms with van der Waals surface area (Å²) in [5, 5.41) is 0. The lowest BCUT2D eigenvalue weighted by molar-refractivity contribution is -0.119. The molecule has 1 aromatic heterocycles. The average Bonchev–Trinajstić information content (AvgIpc) is 3.54. The van der Waals surface area contributed by atoms with Gasteiger partial charge in [-0.2, -0.15) is 0 Å². The molecule has 2 amide bonds. The minimum atomic E-state index is -0.445. The van der Waals surface area contributed by atoms with E-state index in [0.717, 1.165) is 23.4 Å². The van der Waals surface area contributed by atoms with Crippen LogP contribution in [0, 0.1) is 0 Å². The van der Waals surface area contributed by atoms with Crippen molar-refractivity contribution in [1.29, 1.82) is 0 Å². The standard InChI is InChI=1S/C21H24N4O4S.C5H3ClOS/c1-28-19-11-15(7-8-18(19)25-13-16(12-22)29-21(25)27)24-10-9-23(14-20(24)26)30-17-5-3-2-4-6-17;6-5-2-1-4(3-7)8-5/h2-8,11,16H,9-10,12-14,22H2,1H3;1-3H/t16-;/m0./s1. The van der Waals surface area contributed by atoms with Crippen molar-refractivity contribution in [1.82, 2.24) is 4.31 Å². The van der Waals surface area contributed by atoms with Crippen LogP contribution in [0.5, 0.6) is 5.75 Å². The lowest BCUT2D eigenvalue weighted by Gasteiger charge is -2.33. The fourth-order valence-corrected chi connectivity index (χ4v) is 5.72. The molecular weight excluding hydrogens is 548 g/mol. The van der Waals surface area contributed by atoms with Crippen molar-refractivity contribution in [3.8, 4) is 5.75 Å². The minimum absolute atomic E-state index is 0.0169. The fourth-order valence-electron chi connectivity index (χ4n) is 3.92. The lowest BCUT2D eigenvalue weighted by atomic mass is 10.2. The zero-order valence-electron chi connectivity index (χ0n) is 20.6. The van der Waals surface area contributed by atoms with Gasteiger partial charge >= 0.3 is 6.09 Å². The molecule has 5 rings (SSSR count). The average molecular weight is 575 g/mol. The number of ether oxygens (including phenoxy) is 2. The summed E-state index contributed by atoms with van der Waals surface area (Å²) in [6.45, 7) is 2.27. The van der Waals surface area contributed by atoms with Crippen molar-refractivity contribution >= 4 is 64.5 Å². The number of methoxy groups -OCH3 is 1. The number of rotatable bonds is 7. The Hall–Kier alpha value is -3.09. The van der Waals surface area contributed by atoms with Crippen LogP contribution in [0.2, 0.25) is 4.34 Å². The Bertz CT molecular complexity index is 1280. The van der Waals surface area contributed by atoms with Crippen LogP contribution in [-0.4, -0.2) is 68.5 Å². The van der Waals surface area contributed by atoms with E-state index in [1.165, 1.54) is 16.2 Å². The van der Waals surface area contributed by atoms with E-state index in [2.05, 4.69) is 4.31 Å². The Morgan fingerprint density at radius 1 is 1.13 bits per heavy atom. The molecule has 0 radical (unpaired) electrons. The number of halogens is 1. The van der Waals surface area contributed by atoms with Crippen LogP contribution in [0.15, 0.2) is 65.6 Å². The van der Waals surface area contributed by atoms with Crippen molar-refractivity contribution < 1.29 is 23.9 Å². The third-order valence-corrected chi connectivity index (χ3v) is 7.99. The van der Waals surface area contributed by atoms with Gasteiger partial charge in [-0.3, -0.25) is 14.5 Å². The van der Waals surface area contributed by atoms with Crippen molar-refractivity contribution in [2.45, 2.75) is 11.0 Å². The number of carbonyl (C=O) groups excluding carboxylic acids is 3. The Morgan fingerprint density at radius 3 is 2.50 bits per heavy atom. The first-order valence-corrected chi connectivity index (χ1v) is 13.7. The van der Waals surface area contributed by atoms with Crippen molar-refractivity contribution in [3.63, 3.8) is 0 Å². The molecule has 0 spiro atoms. The van der Waals surface area contributed by atoms with Crippen LogP contribution in [-0.2, 0) is 9.53 Å². The molecule has 200 valence electrons. The summed E-state index contributed by atoms with van der Waals surface area (Å²) in [6, 6.07) is 18.8. The van der Waals surface area contributed by atoms with Crippen LogP contribution in [0.3, 0.4) is 0 Å². The predicted octanol–water partition coefficient (Wildman–Crippen LogP) is 4.55. The van der Waals surface area contributed by atoms with Crippen molar-refractivity contribution in [3.05, 3.63) is 69.9 Å². The van der Waals surface area contributed by atoms with Gasteiger partial charge < -0.3 is 20.1 Å². The quantitative estimate of drug-likeness (QED) is 0.324. The van der Waals surface area contributed by atoms with E-state index < -0.39 is 6.09 Å². The third-order valence-electron chi connectivity index (χ3n) is 5.78.